The molecule has 15 heavy (non-hydrogen) atoms. The largest absolute Gasteiger partial charge is 0.466 e. The van der Waals surface area contributed by atoms with Gasteiger partial charge in [-0.05, 0) is 44.5 Å². The Hall–Kier alpha value is -0.800. The lowest BCUT2D eigenvalue weighted by Crippen LogP contribution is -2.28. The summed E-state index contributed by atoms with van der Waals surface area (Å²) in [6, 6.07) is 3.72. The van der Waals surface area contributed by atoms with E-state index >= 15 is 0 Å². The number of nitrogens with zero attached hydrogens (tertiary/aromatic N) is 1. The molecule has 3 nitrogen and oxygen atoms in total. The maximum absolute atomic E-state index is 10.5. The molecule has 1 aliphatic heterocycles. The number of hydrogen-bond donors (Lipinski definition) is 1. The Balaban J connectivity index is 2.09. The Bertz CT molecular complexity index is 297. The summed E-state index contributed by atoms with van der Waals surface area (Å²) >= 11 is 0. The van der Waals surface area contributed by atoms with Gasteiger partial charge in [-0.25, -0.2) is 0 Å². The van der Waals surface area contributed by atoms with E-state index in [4.69, 9.17) is 4.42 Å². The van der Waals surface area contributed by atoms with Gasteiger partial charge in [0.1, 0.15) is 11.4 Å². The zero-order chi connectivity index (χ0) is 10.7. The lowest BCUT2D eigenvalue weighted by molar-refractivity contribution is 0.000549. The van der Waals surface area contributed by atoms with Crippen molar-refractivity contribution >= 4 is 0 Å². The minimum atomic E-state index is -0.743. The predicted molar refractivity (Wildman–Crippen MR) is 58.6 cm³/mol. The number of likely N-dealkylation sites (tertiary alicyclic amines) is 1. The predicted octanol–water partition coefficient (Wildman–Crippen LogP) is 1.97. The molecule has 1 N–H and O–H groups in total. The molecule has 2 rings (SSSR count). The summed E-state index contributed by atoms with van der Waals surface area (Å²) in [5.74, 6) is 0.723. The molecular weight excluding hydrogens is 190 g/mol. The molecule has 1 aliphatic rings. The van der Waals surface area contributed by atoms with Gasteiger partial charge in [0.2, 0.25) is 0 Å². The van der Waals surface area contributed by atoms with Crippen LogP contribution < -0.4 is 0 Å². The summed E-state index contributed by atoms with van der Waals surface area (Å²) in [6.07, 6.45) is 4.24. The van der Waals surface area contributed by atoms with Crippen LogP contribution in [0.25, 0.3) is 0 Å². The first-order valence-corrected chi connectivity index (χ1v) is 5.73. The maximum Gasteiger partial charge on any atom is 0.135 e. The molecule has 1 aromatic rings. The summed E-state index contributed by atoms with van der Waals surface area (Å²) in [4.78, 5) is 2.38. The lowest BCUT2D eigenvalue weighted by Gasteiger charge is -2.24. The molecule has 1 atom stereocenters. The van der Waals surface area contributed by atoms with E-state index in [1.807, 2.05) is 12.1 Å². The van der Waals surface area contributed by atoms with Crippen LogP contribution in [-0.4, -0.2) is 29.6 Å². The van der Waals surface area contributed by atoms with Crippen molar-refractivity contribution in [2.45, 2.75) is 31.8 Å². The SMILES string of the molecule is CCN1CCCC(O)(c2ccco2)CC1. The van der Waals surface area contributed by atoms with E-state index in [0.717, 1.165) is 44.7 Å². The summed E-state index contributed by atoms with van der Waals surface area (Å²) in [7, 11) is 0. The molecule has 0 spiro atoms. The molecule has 0 saturated carbocycles. The minimum absolute atomic E-state index is 0.723. The summed E-state index contributed by atoms with van der Waals surface area (Å²) < 4.78 is 5.33. The lowest BCUT2D eigenvalue weighted by atomic mass is 9.92. The van der Waals surface area contributed by atoms with Crippen molar-refractivity contribution in [2.24, 2.45) is 0 Å². The highest BCUT2D eigenvalue weighted by Crippen LogP contribution is 2.32. The van der Waals surface area contributed by atoms with E-state index in [-0.39, 0.29) is 0 Å². The Morgan fingerprint density at radius 1 is 1.47 bits per heavy atom. The number of furan rings is 1. The summed E-state index contributed by atoms with van der Waals surface area (Å²) in [5.41, 5.74) is -0.743. The average molecular weight is 209 g/mol. The molecule has 1 aromatic heterocycles. The second-order valence-electron chi connectivity index (χ2n) is 4.30. The van der Waals surface area contributed by atoms with E-state index in [0.29, 0.717) is 0 Å². The van der Waals surface area contributed by atoms with Crippen LogP contribution >= 0.6 is 0 Å². The fourth-order valence-corrected chi connectivity index (χ4v) is 2.28. The summed E-state index contributed by atoms with van der Waals surface area (Å²) in [5, 5.41) is 10.5. The van der Waals surface area contributed by atoms with Crippen LogP contribution in [0.5, 0.6) is 0 Å². The van der Waals surface area contributed by atoms with Crippen molar-refractivity contribution in [1.29, 1.82) is 0 Å². The zero-order valence-corrected chi connectivity index (χ0v) is 9.28. The van der Waals surface area contributed by atoms with Crippen LogP contribution in [0.4, 0.5) is 0 Å². The van der Waals surface area contributed by atoms with E-state index < -0.39 is 5.60 Å². The first kappa shape index (κ1) is 10.7. The zero-order valence-electron chi connectivity index (χ0n) is 9.28. The molecule has 0 bridgehead atoms. The van der Waals surface area contributed by atoms with Crippen molar-refractivity contribution in [2.75, 3.05) is 19.6 Å². The molecular formula is C12H19NO2. The van der Waals surface area contributed by atoms with Gasteiger partial charge in [0, 0.05) is 6.54 Å². The fraction of sp³-hybridized carbons (Fsp3) is 0.667. The van der Waals surface area contributed by atoms with E-state index in [1.54, 1.807) is 6.26 Å². The van der Waals surface area contributed by atoms with Gasteiger partial charge in [0.15, 0.2) is 0 Å². The highest BCUT2D eigenvalue weighted by Gasteiger charge is 2.33. The standard InChI is InChI=1S/C12H19NO2/c1-2-13-8-4-6-12(14,7-9-13)11-5-3-10-15-11/h3,5,10,14H,2,4,6-9H2,1H3. The van der Waals surface area contributed by atoms with Crippen LogP contribution in [0.2, 0.25) is 0 Å². The minimum Gasteiger partial charge on any atom is -0.466 e. The van der Waals surface area contributed by atoms with E-state index in [1.165, 1.54) is 0 Å². The van der Waals surface area contributed by atoms with Crippen LogP contribution in [0.3, 0.4) is 0 Å². The highest BCUT2D eigenvalue weighted by atomic mass is 16.4. The molecule has 0 aliphatic carbocycles. The molecule has 1 fully saturated rings. The average Bonchev–Trinajstić information content (AvgIpc) is 2.71. The van der Waals surface area contributed by atoms with E-state index in [9.17, 15) is 5.11 Å². The molecule has 1 saturated heterocycles. The molecule has 0 aromatic carbocycles. The second-order valence-corrected chi connectivity index (χ2v) is 4.30. The van der Waals surface area contributed by atoms with Crippen molar-refractivity contribution in [3.8, 4) is 0 Å². The molecule has 2 heterocycles. The quantitative estimate of drug-likeness (QED) is 0.809. The Morgan fingerprint density at radius 2 is 2.33 bits per heavy atom. The van der Waals surface area contributed by atoms with Crippen molar-refractivity contribution < 1.29 is 9.52 Å². The van der Waals surface area contributed by atoms with Crippen molar-refractivity contribution in [1.82, 2.24) is 4.90 Å². The molecule has 84 valence electrons. The van der Waals surface area contributed by atoms with Crippen molar-refractivity contribution in [3.63, 3.8) is 0 Å². The van der Waals surface area contributed by atoms with Crippen LogP contribution in [-0.2, 0) is 5.60 Å². The second kappa shape index (κ2) is 4.37. The monoisotopic (exact) mass is 209 g/mol. The third-order valence-electron chi connectivity index (χ3n) is 3.33. The molecule has 0 amide bonds. The Kier molecular flexibility index (Phi) is 3.12. The van der Waals surface area contributed by atoms with Gasteiger partial charge >= 0.3 is 0 Å². The molecule has 0 radical (unpaired) electrons. The topological polar surface area (TPSA) is 36.6 Å². The first-order valence-electron chi connectivity index (χ1n) is 5.73. The van der Waals surface area contributed by atoms with Crippen molar-refractivity contribution in [3.05, 3.63) is 24.2 Å². The van der Waals surface area contributed by atoms with Gasteiger partial charge in [0.25, 0.3) is 0 Å². The third-order valence-corrected chi connectivity index (χ3v) is 3.33. The Morgan fingerprint density at radius 3 is 3.00 bits per heavy atom. The number of hydrogen-bond acceptors (Lipinski definition) is 3. The molecule has 1 unspecified atom stereocenters. The maximum atomic E-state index is 10.5. The van der Waals surface area contributed by atoms with Gasteiger partial charge < -0.3 is 14.4 Å². The first-order chi connectivity index (χ1) is 7.24. The van der Waals surface area contributed by atoms with Crippen LogP contribution in [0.1, 0.15) is 31.9 Å². The number of rotatable bonds is 2. The van der Waals surface area contributed by atoms with Gasteiger partial charge in [0.05, 0.1) is 6.26 Å². The van der Waals surface area contributed by atoms with Gasteiger partial charge in [-0.3, -0.25) is 0 Å². The van der Waals surface area contributed by atoms with Crippen LogP contribution in [0, 0.1) is 0 Å². The summed E-state index contributed by atoms with van der Waals surface area (Å²) in [6.45, 7) is 5.26. The third kappa shape index (κ3) is 2.24. The highest BCUT2D eigenvalue weighted by molar-refractivity contribution is 5.09. The van der Waals surface area contributed by atoms with Gasteiger partial charge in [-0.2, -0.15) is 0 Å². The Labute approximate surface area is 90.7 Å². The fourth-order valence-electron chi connectivity index (χ4n) is 2.28. The van der Waals surface area contributed by atoms with Gasteiger partial charge in [-0.15, -0.1) is 0 Å². The smallest absolute Gasteiger partial charge is 0.135 e. The van der Waals surface area contributed by atoms with E-state index in [2.05, 4.69) is 11.8 Å². The normalized spacial score (nSPS) is 28.9. The number of aliphatic hydroxyl groups is 1. The molecule has 3 heteroatoms. The van der Waals surface area contributed by atoms with Crippen LogP contribution in [0.15, 0.2) is 22.8 Å². The van der Waals surface area contributed by atoms with Gasteiger partial charge in [-0.1, -0.05) is 6.92 Å².